The molecule has 0 aliphatic heterocycles. The molecule has 3 aromatic rings. The van der Waals surface area contributed by atoms with Gasteiger partial charge >= 0.3 is 17.6 Å². The molecule has 0 bridgehead atoms. The third-order valence-corrected chi connectivity index (χ3v) is 8.79. The summed E-state index contributed by atoms with van der Waals surface area (Å²) < 4.78 is 46.7. The number of aryl methyl sites for hydroxylation is 2. The molecule has 0 saturated heterocycles. The molecule has 3 rings (SSSR count). The van der Waals surface area contributed by atoms with Crippen molar-refractivity contribution in [2.24, 2.45) is 7.05 Å². The molecule has 2 heterocycles. The molecule has 0 fully saturated rings. The minimum atomic E-state index is -4.40. The minimum Gasteiger partial charge on any atom is -1.00 e. The summed E-state index contributed by atoms with van der Waals surface area (Å²) in [6.45, 7) is 10.9. The first-order valence-corrected chi connectivity index (χ1v) is 15.3. The Morgan fingerprint density at radius 3 is 1.80 bits per heavy atom. The topological polar surface area (TPSA) is 88.0 Å². The average molecular weight is 701 g/mol. The highest BCUT2D eigenvalue weighted by atomic mass is 79.9. The van der Waals surface area contributed by atoms with Crippen molar-refractivity contribution < 1.29 is 34.6 Å². The van der Waals surface area contributed by atoms with Crippen molar-refractivity contribution in [2.45, 2.75) is 92.2 Å². The Hall–Kier alpha value is -3.19. The summed E-state index contributed by atoms with van der Waals surface area (Å²) in [7, 11) is 1.44. The molecule has 13 heteroatoms. The standard InChI is InChI=1S/C32H45F3N5O4.BrH/c1-6-40(7-2,23-26-15-9-10-16-27(26)32(33,34)35)20-14-8-11-19-39-29(42)22-25(4)38(31(39)44)18-13-12-17-37-24(3)21-28(41)36(5)30(37)43;/h9-10,15-16,21-22H,6-8,11-14,17-20,23H2,1-5H3;1H/q+1;/p-1. The molecule has 0 radical (unpaired) electrons. The third-order valence-electron chi connectivity index (χ3n) is 8.79. The maximum Gasteiger partial charge on any atom is 0.416 e. The van der Waals surface area contributed by atoms with Crippen LogP contribution in [-0.2, 0) is 39.4 Å². The third kappa shape index (κ3) is 9.41. The summed E-state index contributed by atoms with van der Waals surface area (Å²) in [6.07, 6.45) is -1.11. The predicted molar refractivity (Wildman–Crippen MR) is 165 cm³/mol. The van der Waals surface area contributed by atoms with Gasteiger partial charge in [0.15, 0.2) is 0 Å². The van der Waals surface area contributed by atoms with Crippen LogP contribution in [0.15, 0.2) is 55.6 Å². The fourth-order valence-electron chi connectivity index (χ4n) is 5.83. The van der Waals surface area contributed by atoms with Crippen molar-refractivity contribution in [3.63, 3.8) is 0 Å². The number of hydrogen-bond donors (Lipinski definition) is 0. The van der Waals surface area contributed by atoms with E-state index in [-0.39, 0.29) is 46.0 Å². The molecular weight excluding hydrogens is 655 g/mol. The number of benzene rings is 1. The molecular formula is C32H45BrF3N5O4. The SMILES string of the molecule is CC[N+](CC)(CCCCCn1c(=O)cc(C)n(CCCCn2c(C)cc(=O)n(C)c2=O)c1=O)Cc1ccccc1C(F)(F)F.[Br-]. The van der Waals surface area contributed by atoms with Crippen molar-refractivity contribution in [3.05, 3.63) is 101 Å². The maximum atomic E-state index is 13.6. The van der Waals surface area contributed by atoms with Crippen molar-refractivity contribution in [2.75, 3.05) is 19.6 Å². The van der Waals surface area contributed by atoms with Gasteiger partial charge in [-0.3, -0.25) is 27.9 Å². The lowest BCUT2D eigenvalue weighted by atomic mass is 10.0. The molecule has 0 N–H and O–H groups in total. The lowest BCUT2D eigenvalue weighted by molar-refractivity contribution is -0.938. The van der Waals surface area contributed by atoms with Crippen LogP contribution in [0.3, 0.4) is 0 Å². The molecule has 9 nitrogen and oxygen atoms in total. The van der Waals surface area contributed by atoms with Gasteiger partial charge in [-0.15, -0.1) is 0 Å². The highest BCUT2D eigenvalue weighted by molar-refractivity contribution is 5.29. The number of rotatable bonds is 15. The van der Waals surface area contributed by atoms with Crippen LogP contribution in [0.2, 0.25) is 0 Å². The fourth-order valence-corrected chi connectivity index (χ4v) is 5.83. The second-order valence-electron chi connectivity index (χ2n) is 11.6. The second kappa shape index (κ2) is 16.4. The quantitative estimate of drug-likeness (QED) is 0.176. The van der Waals surface area contributed by atoms with E-state index in [1.165, 1.54) is 34.4 Å². The van der Waals surface area contributed by atoms with Gasteiger partial charge in [0.05, 0.1) is 25.2 Å². The Kier molecular flexibility index (Phi) is 13.8. The summed E-state index contributed by atoms with van der Waals surface area (Å²) >= 11 is 0. The van der Waals surface area contributed by atoms with E-state index in [1.54, 1.807) is 30.5 Å². The summed E-state index contributed by atoms with van der Waals surface area (Å²) in [5.74, 6) is 0. The lowest BCUT2D eigenvalue weighted by Gasteiger charge is -2.37. The van der Waals surface area contributed by atoms with Gasteiger partial charge in [0.1, 0.15) is 6.54 Å². The smallest absolute Gasteiger partial charge is 0.416 e. The van der Waals surface area contributed by atoms with Crippen molar-refractivity contribution in [1.82, 2.24) is 18.3 Å². The number of aromatic nitrogens is 4. The molecule has 0 aliphatic rings. The Morgan fingerprint density at radius 1 is 0.711 bits per heavy atom. The van der Waals surface area contributed by atoms with Gasteiger partial charge in [-0.2, -0.15) is 13.2 Å². The predicted octanol–water partition coefficient (Wildman–Crippen LogP) is 1.22. The van der Waals surface area contributed by atoms with Crippen LogP contribution in [0.4, 0.5) is 13.2 Å². The fraction of sp³-hybridized carbons (Fsp3) is 0.562. The molecule has 0 unspecified atom stereocenters. The zero-order valence-electron chi connectivity index (χ0n) is 26.8. The first-order valence-electron chi connectivity index (χ1n) is 15.3. The van der Waals surface area contributed by atoms with Crippen molar-refractivity contribution in [3.8, 4) is 0 Å². The highest BCUT2D eigenvalue weighted by Crippen LogP contribution is 2.33. The van der Waals surface area contributed by atoms with Crippen LogP contribution in [0.1, 0.15) is 68.5 Å². The Balaban J connectivity index is 0.00000705. The number of halogens is 4. The van der Waals surface area contributed by atoms with E-state index in [0.717, 1.165) is 23.5 Å². The Morgan fingerprint density at radius 2 is 1.22 bits per heavy atom. The van der Waals surface area contributed by atoms with Crippen LogP contribution in [0.5, 0.6) is 0 Å². The van der Waals surface area contributed by atoms with Gasteiger partial charge in [-0.25, -0.2) is 9.59 Å². The summed E-state index contributed by atoms with van der Waals surface area (Å²) in [5.41, 5.74) is -0.596. The largest absolute Gasteiger partial charge is 1.00 e. The van der Waals surface area contributed by atoms with E-state index >= 15 is 0 Å². The van der Waals surface area contributed by atoms with Crippen LogP contribution in [-0.4, -0.2) is 42.4 Å². The number of alkyl halides is 3. The molecule has 2 aromatic heterocycles. The van der Waals surface area contributed by atoms with Gasteiger partial charge in [0.25, 0.3) is 11.1 Å². The number of hydrogen-bond acceptors (Lipinski definition) is 4. The molecule has 0 atom stereocenters. The van der Waals surface area contributed by atoms with E-state index in [0.29, 0.717) is 80.0 Å². The van der Waals surface area contributed by atoms with Gasteiger partial charge in [0, 0.05) is 55.8 Å². The van der Waals surface area contributed by atoms with E-state index < -0.39 is 11.7 Å². The number of unbranched alkanes of at least 4 members (excludes halogenated alkanes) is 3. The zero-order chi connectivity index (χ0) is 32.7. The van der Waals surface area contributed by atoms with E-state index in [4.69, 9.17) is 0 Å². The van der Waals surface area contributed by atoms with Gasteiger partial charge in [0.2, 0.25) is 0 Å². The maximum absolute atomic E-state index is 13.6. The van der Waals surface area contributed by atoms with E-state index in [2.05, 4.69) is 0 Å². The monoisotopic (exact) mass is 699 g/mol. The van der Waals surface area contributed by atoms with Crippen LogP contribution < -0.4 is 39.5 Å². The second-order valence-corrected chi connectivity index (χ2v) is 11.6. The highest BCUT2D eigenvalue weighted by Gasteiger charge is 2.35. The first kappa shape index (κ1) is 38.0. The van der Waals surface area contributed by atoms with Gasteiger partial charge < -0.3 is 21.5 Å². The molecule has 0 amide bonds. The van der Waals surface area contributed by atoms with Crippen LogP contribution >= 0.6 is 0 Å². The minimum absolute atomic E-state index is 0. The molecule has 45 heavy (non-hydrogen) atoms. The van der Waals surface area contributed by atoms with E-state index in [9.17, 15) is 32.3 Å². The van der Waals surface area contributed by atoms with Gasteiger partial charge in [-0.1, -0.05) is 18.2 Å². The molecule has 0 aliphatic carbocycles. The zero-order valence-corrected chi connectivity index (χ0v) is 28.4. The van der Waals surface area contributed by atoms with Crippen molar-refractivity contribution >= 4 is 0 Å². The first-order chi connectivity index (χ1) is 20.7. The Labute approximate surface area is 271 Å². The molecule has 0 spiro atoms. The molecule has 250 valence electrons. The summed E-state index contributed by atoms with van der Waals surface area (Å²) in [4.78, 5) is 50.1. The summed E-state index contributed by atoms with van der Waals surface area (Å²) in [6, 6.07) is 8.63. The number of nitrogens with zero attached hydrogens (tertiary/aromatic N) is 5. The van der Waals surface area contributed by atoms with Gasteiger partial charge in [-0.05, 0) is 65.9 Å². The van der Waals surface area contributed by atoms with Crippen LogP contribution in [0, 0.1) is 13.8 Å². The normalized spacial score (nSPS) is 11.9. The number of quaternary nitrogens is 1. The molecule has 0 saturated carbocycles. The lowest BCUT2D eigenvalue weighted by Crippen LogP contribution is -3.00. The van der Waals surface area contributed by atoms with E-state index in [1.807, 2.05) is 13.8 Å². The van der Waals surface area contributed by atoms with Crippen molar-refractivity contribution in [1.29, 1.82) is 0 Å². The molecule has 1 aromatic carbocycles. The average Bonchev–Trinajstić information content (AvgIpc) is 2.97. The Bertz CT molecular complexity index is 1670. The van der Waals surface area contributed by atoms with Crippen LogP contribution in [0.25, 0.3) is 0 Å². The summed E-state index contributed by atoms with van der Waals surface area (Å²) in [5, 5.41) is 0.